The van der Waals surface area contributed by atoms with E-state index >= 15 is 0 Å². The van der Waals surface area contributed by atoms with Crippen LogP contribution < -0.4 is 0 Å². The predicted octanol–water partition coefficient (Wildman–Crippen LogP) is 1.72. The molecule has 1 aromatic rings. The second kappa shape index (κ2) is 7.28. The Kier molecular flexibility index (Phi) is 7.79. The fraction of sp³-hybridized carbons (Fsp3) is 0.222. The van der Waals surface area contributed by atoms with E-state index in [4.69, 9.17) is 5.11 Å². The zero-order chi connectivity index (χ0) is 9.84. The molecule has 0 spiro atoms. The van der Waals surface area contributed by atoms with Crippen LogP contribution in [0.2, 0.25) is 0 Å². The standard InChI is InChI=1S/C9H9O2S.Hg.Na.H/c1-2-12-8-6-4-3-5-7(8)9(10)11;;;/h2-6H,1H3,(H,10,11);;;. The molecule has 1 atom stereocenters. The van der Waals surface area contributed by atoms with E-state index in [1.54, 1.807) is 23.9 Å². The Hall–Kier alpha value is 0.975. The van der Waals surface area contributed by atoms with Crippen molar-refractivity contribution in [1.82, 2.24) is 0 Å². The third-order valence-electron chi connectivity index (χ3n) is 1.45. The van der Waals surface area contributed by atoms with Gasteiger partial charge in [-0.25, -0.2) is 0 Å². The minimum atomic E-state index is -0.836. The van der Waals surface area contributed by atoms with Gasteiger partial charge in [-0.3, -0.25) is 0 Å². The van der Waals surface area contributed by atoms with Crippen molar-refractivity contribution in [3.8, 4) is 0 Å². The number of carboxylic acids is 1. The number of thioether (sulfide) groups is 1. The van der Waals surface area contributed by atoms with Gasteiger partial charge in [0.25, 0.3) is 0 Å². The molecule has 0 saturated carbocycles. The third kappa shape index (κ3) is 4.66. The average molecular weight is 406 g/mol. The molecule has 67 valence electrons. The average Bonchev–Trinajstić information content (AvgIpc) is 2.03. The summed E-state index contributed by atoms with van der Waals surface area (Å²) in [5.41, 5.74) is 0.421. The van der Waals surface area contributed by atoms with Gasteiger partial charge in [0.05, 0.1) is 0 Å². The van der Waals surface area contributed by atoms with E-state index in [9.17, 15) is 4.79 Å². The molecule has 14 heavy (non-hydrogen) atoms. The van der Waals surface area contributed by atoms with Gasteiger partial charge in [-0.15, -0.1) is 0 Å². The molecule has 0 aliphatic heterocycles. The van der Waals surface area contributed by atoms with Crippen molar-refractivity contribution in [1.29, 1.82) is 0 Å². The Balaban J connectivity index is 0.00000169. The van der Waals surface area contributed by atoms with Crippen LogP contribution >= 0.6 is 11.8 Å². The first-order valence-electron chi connectivity index (χ1n) is 3.93. The Morgan fingerprint density at radius 3 is 2.57 bits per heavy atom. The van der Waals surface area contributed by atoms with Gasteiger partial charge >= 0.3 is 128 Å². The molecular weight excluding hydrogens is 396 g/mol. The van der Waals surface area contributed by atoms with Gasteiger partial charge in [-0.1, -0.05) is 0 Å². The van der Waals surface area contributed by atoms with Crippen molar-refractivity contribution in [3.63, 3.8) is 0 Å². The van der Waals surface area contributed by atoms with E-state index in [0.717, 1.165) is 4.90 Å². The van der Waals surface area contributed by atoms with Gasteiger partial charge in [-0.05, 0) is 0 Å². The normalized spacial score (nSPS) is 11.6. The summed E-state index contributed by atoms with van der Waals surface area (Å²) in [4.78, 5) is 11.7. The second-order valence-corrected chi connectivity index (χ2v) is 11.3. The first kappa shape index (κ1) is 15.0. The molecule has 0 heterocycles. The van der Waals surface area contributed by atoms with Gasteiger partial charge in [0, 0.05) is 0 Å². The van der Waals surface area contributed by atoms with Crippen LogP contribution in [0, 0.1) is 0 Å². The molecule has 2 nitrogen and oxygen atoms in total. The summed E-state index contributed by atoms with van der Waals surface area (Å²) in [6.07, 6.45) is 0. The van der Waals surface area contributed by atoms with Crippen LogP contribution in [-0.4, -0.2) is 43.4 Å². The van der Waals surface area contributed by atoms with Crippen LogP contribution in [0.5, 0.6) is 0 Å². The van der Waals surface area contributed by atoms with E-state index in [1.165, 1.54) is 0 Å². The van der Waals surface area contributed by atoms with E-state index in [0.29, 0.717) is 34.4 Å². The monoisotopic (exact) mass is 407 g/mol. The molecule has 1 unspecified atom stereocenters. The van der Waals surface area contributed by atoms with Crippen LogP contribution in [0.15, 0.2) is 29.2 Å². The third-order valence-corrected chi connectivity index (χ3v) is 4.40. The molecular formula is C9H10HgNaO2S. The summed E-state index contributed by atoms with van der Waals surface area (Å²) in [5.74, 6) is -0.836. The Labute approximate surface area is 126 Å². The topological polar surface area (TPSA) is 37.3 Å². The maximum absolute atomic E-state index is 10.8. The number of carbonyl (C=O) groups is 1. The molecule has 0 fully saturated rings. The molecule has 5 heteroatoms. The Morgan fingerprint density at radius 2 is 2.07 bits per heavy atom. The first-order chi connectivity index (χ1) is 6.11. The molecule has 0 aliphatic rings. The van der Waals surface area contributed by atoms with Crippen molar-refractivity contribution in [2.24, 2.45) is 0 Å². The van der Waals surface area contributed by atoms with Gasteiger partial charge in [0.1, 0.15) is 0 Å². The molecule has 0 aliphatic carbocycles. The summed E-state index contributed by atoms with van der Waals surface area (Å²) in [6, 6.07) is 7.17. The van der Waals surface area contributed by atoms with Crippen molar-refractivity contribution in [2.75, 3.05) is 0 Å². The Morgan fingerprint density at radius 1 is 1.50 bits per heavy atom. The van der Waals surface area contributed by atoms with Gasteiger partial charge in [0.15, 0.2) is 0 Å². The molecule has 1 N–H and O–H groups in total. The van der Waals surface area contributed by atoms with Crippen molar-refractivity contribution >= 4 is 47.3 Å². The van der Waals surface area contributed by atoms with Crippen LogP contribution in [0.4, 0.5) is 0 Å². The number of carboxylic acid groups (broad SMARTS) is 1. The van der Waals surface area contributed by atoms with Crippen LogP contribution in [0.1, 0.15) is 17.3 Å². The summed E-state index contributed by atoms with van der Waals surface area (Å²) in [5, 5.41) is 8.88. The molecule has 0 saturated heterocycles. The molecule has 0 bridgehead atoms. The molecule has 0 aromatic heterocycles. The zero-order valence-corrected chi connectivity index (χ0v) is 13.7. The number of hydrogen-bond donors (Lipinski definition) is 1. The van der Waals surface area contributed by atoms with E-state index in [2.05, 4.69) is 6.92 Å². The van der Waals surface area contributed by atoms with Gasteiger partial charge in [0.2, 0.25) is 0 Å². The second-order valence-electron chi connectivity index (χ2n) is 2.73. The zero-order valence-electron chi connectivity index (χ0n) is 7.36. The van der Waals surface area contributed by atoms with Crippen molar-refractivity contribution < 1.29 is 36.0 Å². The van der Waals surface area contributed by atoms with Gasteiger partial charge < -0.3 is 0 Å². The summed E-state index contributed by atoms with van der Waals surface area (Å²) in [7, 11) is 0. The molecule has 0 amide bonds. The summed E-state index contributed by atoms with van der Waals surface area (Å²) >= 11 is 2.34. The predicted molar refractivity (Wildman–Crippen MR) is 55.9 cm³/mol. The molecule has 1 rings (SSSR count). The minimum absolute atomic E-state index is 0. The Bertz CT molecular complexity index is 317. The molecule has 1 aromatic carbocycles. The van der Waals surface area contributed by atoms with E-state index in [1.807, 2.05) is 12.1 Å². The first-order valence-corrected chi connectivity index (χ1v) is 7.98. The maximum atomic E-state index is 10.8. The number of aromatic carboxylic acids is 1. The SMILES string of the molecule is C[CH]([Hg])Sc1ccccc1C(=O)O.[NaH]. The number of hydrogen-bond acceptors (Lipinski definition) is 2. The quantitative estimate of drug-likeness (QED) is 0.614. The van der Waals surface area contributed by atoms with Crippen LogP contribution in [0.3, 0.4) is 0 Å². The van der Waals surface area contributed by atoms with Crippen LogP contribution in [0.25, 0.3) is 0 Å². The van der Waals surface area contributed by atoms with Gasteiger partial charge in [-0.2, -0.15) is 0 Å². The molecule has 0 radical (unpaired) electrons. The van der Waals surface area contributed by atoms with Crippen LogP contribution in [-0.2, 0) is 26.1 Å². The van der Waals surface area contributed by atoms with Crippen molar-refractivity contribution in [2.45, 2.75) is 14.6 Å². The summed E-state index contributed by atoms with van der Waals surface area (Å²) in [6.45, 7) is 2.13. The van der Waals surface area contributed by atoms with E-state index < -0.39 is 5.97 Å². The number of rotatable bonds is 3. The van der Waals surface area contributed by atoms with Crippen molar-refractivity contribution in [3.05, 3.63) is 29.8 Å². The fourth-order valence-corrected chi connectivity index (χ4v) is 3.93. The summed E-state index contributed by atoms with van der Waals surface area (Å²) < 4.78 is 0.598. The fourth-order valence-electron chi connectivity index (χ4n) is 0.963. The number of benzene rings is 1. The van der Waals surface area contributed by atoms with E-state index in [-0.39, 0.29) is 29.6 Å².